The van der Waals surface area contributed by atoms with Crippen molar-refractivity contribution in [2.45, 2.75) is 6.18 Å². The fourth-order valence-electron chi connectivity index (χ4n) is 10.3. The largest absolute Gasteiger partial charge is 0.416 e. The number of alkyl halides is 3. The van der Waals surface area contributed by atoms with Crippen LogP contribution in [-0.4, -0.2) is 49.4 Å². The van der Waals surface area contributed by atoms with Gasteiger partial charge in [0.05, 0.1) is 22.3 Å². The van der Waals surface area contributed by atoms with E-state index in [1.54, 1.807) is 0 Å². The first-order chi connectivity index (χ1) is 40.7. The lowest BCUT2D eigenvalue weighted by molar-refractivity contribution is -0.137. The van der Waals surface area contributed by atoms with Crippen molar-refractivity contribution in [1.29, 1.82) is 0 Å². The summed E-state index contributed by atoms with van der Waals surface area (Å²) in [5.74, 6) is 4.19. The molecule has 0 bridgehead atoms. The van der Waals surface area contributed by atoms with Crippen LogP contribution in [0.15, 0.2) is 261 Å². The second-order valence-electron chi connectivity index (χ2n) is 19.7. The zero-order valence-electron chi connectivity index (χ0n) is 43.9. The molecule has 4 heterocycles. The number of halogens is 3. The van der Waals surface area contributed by atoms with Crippen LogP contribution in [0.3, 0.4) is 0 Å². The third kappa shape index (κ3) is 9.93. The molecule has 13 heteroatoms. The van der Waals surface area contributed by atoms with Crippen LogP contribution in [0.25, 0.3) is 141 Å². The number of hydrogen-bond acceptors (Lipinski definition) is 9. The summed E-state index contributed by atoms with van der Waals surface area (Å²) < 4.78 is 44.5. The summed E-state index contributed by atoms with van der Waals surface area (Å²) >= 11 is 0. The van der Waals surface area contributed by atoms with E-state index in [-0.39, 0.29) is 0 Å². The molecule has 0 amide bonds. The van der Waals surface area contributed by atoms with Crippen LogP contribution in [0, 0.1) is 0 Å². The average Bonchev–Trinajstić information content (AvgIpc) is 3.77. The molecular formula is C70H43F3N10. The molecule has 0 aliphatic heterocycles. The van der Waals surface area contributed by atoms with E-state index in [4.69, 9.17) is 44.9 Å². The van der Waals surface area contributed by atoms with Crippen molar-refractivity contribution in [1.82, 2.24) is 49.4 Å². The minimum atomic E-state index is -4.53. The minimum Gasteiger partial charge on any atom is -0.308 e. The predicted molar refractivity (Wildman–Crippen MR) is 320 cm³/mol. The molecule has 0 spiro atoms. The van der Waals surface area contributed by atoms with Crippen LogP contribution in [0.4, 0.5) is 13.2 Å². The Morgan fingerprint density at radius 3 is 0.831 bits per heavy atom. The lowest BCUT2D eigenvalue weighted by atomic mass is 10.00. The SMILES string of the molecule is FC(F)(F)c1ccc(-c2ccc(-c3nc(-c4ccccc4)nc(-c4ccccc4)n3)c(-n3c4cc(-c5nc(-c6ccccc6)nc(-c6ccccc6)n5)ccc4c4ccc(-c5nc(-c6ccccc6)nc(-c6ccccc6)n5)cc43)c2)cc1. The highest BCUT2D eigenvalue weighted by Gasteiger charge is 2.30. The van der Waals surface area contributed by atoms with Crippen molar-refractivity contribution in [3.63, 3.8) is 0 Å². The molecule has 0 fully saturated rings. The van der Waals surface area contributed by atoms with Gasteiger partial charge in [-0.15, -0.1) is 0 Å². The second-order valence-corrected chi connectivity index (χ2v) is 19.7. The Kier molecular flexibility index (Phi) is 12.7. The van der Waals surface area contributed by atoms with Crippen LogP contribution < -0.4 is 0 Å². The van der Waals surface area contributed by atoms with Crippen LogP contribution in [0.1, 0.15) is 5.56 Å². The number of rotatable bonds is 11. The van der Waals surface area contributed by atoms with Gasteiger partial charge in [0.15, 0.2) is 52.4 Å². The van der Waals surface area contributed by atoms with E-state index in [1.807, 2.05) is 212 Å². The fraction of sp³-hybridized carbons (Fsp3) is 0.0143. The molecular weight excluding hydrogens is 1040 g/mol. The summed E-state index contributed by atoms with van der Waals surface area (Å²) in [5.41, 5.74) is 9.50. The third-order valence-corrected chi connectivity index (χ3v) is 14.4. The van der Waals surface area contributed by atoms with Gasteiger partial charge in [0.1, 0.15) is 0 Å². The van der Waals surface area contributed by atoms with Crippen molar-refractivity contribution < 1.29 is 13.2 Å². The molecule has 0 atom stereocenters. The Morgan fingerprint density at radius 2 is 0.518 bits per heavy atom. The Morgan fingerprint density at radius 1 is 0.241 bits per heavy atom. The normalized spacial score (nSPS) is 11.6. The topological polar surface area (TPSA) is 121 Å². The van der Waals surface area contributed by atoms with Crippen LogP contribution in [0.5, 0.6) is 0 Å². The highest BCUT2D eigenvalue weighted by atomic mass is 19.4. The molecule has 0 radical (unpaired) electrons. The van der Waals surface area contributed by atoms with E-state index in [9.17, 15) is 13.2 Å². The van der Waals surface area contributed by atoms with Gasteiger partial charge in [-0.3, -0.25) is 0 Å². The summed E-state index contributed by atoms with van der Waals surface area (Å²) in [5, 5.41) is 1.77. The van der Waals surface area contributed by atoms with Crippen molar-refractivity contribution in [3.8, 4) is 119 Å². The van der Waals surface area contributed by atoms with Gasteiger partial charge in [-0.05, 0) is 47.5 Å². The Labute approximate surface area is 474 Å². The quantitative estimate of drug-likeness (QED) is 0.125. The molecule has 14 rings (SSSR count). The number of hydrogen-bond donors (Lipinski definition) is 0. The molecule has 0 saturated heterocycles. The molecule has 83 heavy (non-hydrogen) atoms. The second kappa shape index (κ2) is 21.1. The van der Waals surface area contributed by atoms with Crippen LogP contribution in [-0.2, 0) is 6.18 Å². The van der Waals surface area contributed by atoms with Crippen LogP contribution in [0.2, 0.25) is 0 Å². The monoisotopic (exact) mass is 1080 g/mol. The van der Waals surface area contributed by atoms with Gasteiger partial charge in [0.2, 0.25) is 0 Å². The zero-order chi connectivity index (χ0) is 55.9. The molecule has 394 valence electrons. The zero-order valence-corrected chi connectivity index (χ0v) is 43.9. The average molecular weight is 1080 g/mol. The van der Waals surface area contributed by atoms with Crippen molar-refractivity contribution >= 4 is 21.8 Å². The number of nitrogens with zero attached hydrogens (tertiary/aromatic N) is 10. The first-order valence-corrected chi connectivity index (χ1v) is 26.8. The maximum absolute atomic E-state index is 14.1. The summed E-state index contributed by atoms with van der Waals surface area (Å²) in [6.45, 7) is 0. The molecule has 0 aliphatic rings. The maximum Gasteiger partial charge on any atom is 0.416 e. The first kappa shape index (κ1) is 50.1. The van der Waals surface area contributed by atoms with E-state index in [0.717, 1.165) is 67.3 Å². The van der Waals surface area contributed by atoms with E-state index in [2.05, 4.69) is 28.8 Å². The minimum absolute atomic E-state index is 0.365. The van der Waals surface area contributed by atoms with Gasteiger partial charge < -0.3 is 4.57 Å². The Balaban J connectivity index is 1.07. The van der Waals surface area contributed by atoms with Crippen molar-refractivity contribution in [3.05, 3.63) is 266 Å². The summed E-state index contributed by atoms with van der Waals surface area (Å²) in [4.78, 5) is 46.1. The number of aromatic nitrogens is 10. The van der Waals surface area contributed by atoms with E-state index in [0.29, 0.717) is 85.9 Å². The van der Waals surface area contributed by atoms with Crippen LogP contribution >= 0.6 is 0 Å². The predicted octanol–water partition coefficient (Wildman–Crippen LogP) is 17.0. The molecule has 0 N–H and O–H groups in total. The highest BCUT2D eigenvalue weighted by Crippen LogP contribution is 2.42. The first-order valence-electron chi connectivity index (χ1n) is 26.8. The summed E-state index contributed by atoms with van der Waals surface area (Å²) in [6, 6.07) is 82.1. The Bertz CT molecular complexity index is 4330. The molecule has 14 aromatic rings. The van der Waals surface area contributed by atoms with E-state index < -0.39 is 11.7 Å². The van der Waals surface area contributed by atoms with Crippen molar-refractivity contribution in [2.24, 2.45) is 0 Å². The number of fused-ring (bicyclic) bond motifs is 3. The summed E-state index contributed by atoms with van der Waals surface area (Å²) in [7, 11) is 0. The molecule has 0 aliphatic carbocycles. The van der Waals surface area contributed by atoms with Gasteiger partial charge in [0.25, 0.3) is 0 Å². The highest BCUT2D eigenvalue weighted by molar-refractivity contribution is 6.11. The van der Waals surface area contributed by atoms with E-state index in [1.165, 1.54) is 12.1 Å². The van der Waals surface area contributed by atoms with Gasteiger partial charge in [0, 0.05) is 60.8 Å². The molecule has 0 unspecified atom stereocenters. The standard InChI is InChI=1S/C70H43F3N10/c71-70(72,73)54-36-31-44(32-37-54)51-33-40-57(69-81-65(49-27-15-5-16-28-49)76-66(82-69)50-29-17-6-18-30-50)60(41-51)83-58-42-52(67-77-61(45-19-7-1-8-20-45)74-62(78-67)46-21-9-2-10-22-46)34-38-55(58)56-39-35-53(43-59(56)83)68-79-63(47-23-11-3-12-24-47)75-64(80-68)48-25-13-4-14-26-48/h1-43H. The third-order valence-electron chi connectivity index (χ3n) is 14.4. The molecule has 0 saturated carbocycles. The smallest absolute Gasteiger partial charge is 0.308 e. The lowest BCUT2D eigenvalue weighted by Gasteiger charge is -2.17. The van der Waals surface area contributed by atoms with Gasteiger partial charge in [-0.25, -0.2) is 44.9 Å². The van der Waals surface area contributed by atoms with Gasteiger partial charge in [-0.2, -0.15) is 13.2 Å². The molecule has 10 aromatic carbocycles. The van der Waals surface area contributed by atoms with E-state index >= 15 is 0 Å². The van der Waals surface area contributed by atoms with Crippen molar-refractivity contribution in [2.75, 3.05) is 0 Å². The Hall–Kier alpha value is -11.2. The summed E-state index contributed by atoms with van der Waals surface area (Å²) in [6.07, 6.45) is -4.53. The molecule has 4 aromatic heterocycles. The van der Waals surface area contributed by atoms with Gasteiger partial charge in [-0.1, -0.05) is 224 Å². The maximum atomic E-state index is 14.1. The number of benzene rings is 10. The lowest BCUT2D eigenvalue weighted by Crippen LogP contribution is -2.05. The van der Waals surface area contributed by atoms with Gasteiger partial charge >= 0.3 is 6.18 Å². The molecule has 10 nitrogen and oxygen atoms in total. The fourth-order valence-corrected chi connectivity index (χ4v) is 10.3.